The summed E-state index contributed by atoms with van der Waals surface area (Å²) in [5, 5.41) is 19.5. The van der Waals surface area contributed by atoms with Gasteiger partial charge in [-0.1, -0.05) is 36.4 Å². The molecule has 2 N–H and O–H groups in total. The molecule has 2 aromatic carbocycles. The van der Waals surface area contributed by atoms with Gasteiger partial charge in [0, 0.05) is 17.2 Å². The molecule has 0 bridgehead atoms. The minimum Gasteiger partial charge on any atom is -0.423 e. The largest absolute Gasteiger partial charge is 0.490 e. The van der Waals surface area contributed by atoms with Crippen LogP contribution < -0.4 is 5.46 Å². The minimum absolute atomic E-state index is 0.200. The number of carbonyl (C=O) groups is 1. The van der Waals surface area contributed by atoms with Crippen LogP contribution in [0.25, 0.3) is 10.9 Å². The molecule has 0 aliphatic carbocycles. The van der Waals surface area contributed by atoms with Gasteiger partial charge < -0.3 is 10.0 Å². The van der Waals surface area contributed by atoms with Crippen molar-refractivity contribution in [1.82, 2.24) is 4.57 Å². The monoisotopic (exact) mass is 265 g/mol. The Morgan fingerprint density at radius 1 is 0.950 bits per heavy atom. The minimum atomic E-state index is -1.61. The molecule has 1 aromatic heterocycles. The van der Waals surface area contributed by atoms with Gasteiger partial charge in [-0.25, -0.2) is 0 Å². The predicted octanol–water partition coefficient (Wildman–Crippen LogP) is 1.01. The van der Waals surface area contributed by atoms with E-state index in [1.807, 2.05) is 12.1 Å². The molecule has 98 valence electrons. The Labute approximate surface area is 116 Å². The zero-order valence-electron chi connectivity index (χ0n) is 10.6. The molecule has 0 fully saturated rings. The van der Waals surface area contributed by atoms with E-state index in [-0.39, 0.29) is 5.91 Å². The van der Waals surface area contributed by atoms with Gasteiger partial charge in [-0.2, -0.15) is 0 Å². The van der Waals surface area contributed by atoms with Crippen LogP contribution in [0.2, 0.25) is 0 Å². The number of benzene rings is 2. The van der Waals surface area contributed by atoms with Crippen LogP contribution in [0.5, 0.6) is 0 Å². The van der Waals surface area contributed by atoms with Gasteiger partial charge in [0.1, 0.15) is 0 Å². The van der Waals surface area contributed by atoms with Gasteiger partial charge in [0.05, 0.1) is 5.52 Å². The van der Waals surface area contributed by atoms with E-state index in [0.29, 0.717) is 21.9 Å². The Balaban J connectivity index is 2.20. The summed E-state index contributed by atoms with van der Waals surface area (Å²) < 4.78 is 1.44. The molecule has 0 atom stereocenters. The number of hydrogen-bond acceptors (Lipinski definition) is 3. The van der Waals surface area contributed by atoms with Gasteiger partial charge in [-0.15, -0.1) is 0 Å². The van der Waals surface area contributed by atoms with Crippen molar-refractivity contribution in [3.05, 3.63) is 66.4 Å². The highest BCUT2D eigenvalue weighted by Gasteiger charge is 2.21. The fourth-order valence-corrected chi connectivity index (χ4v) is 2.30. The number of fused-ring (bicyclic) bond motifs is 1. The van der Waals surface area contributed by atoms with Crippen LogP contribution in [0.3, 0.4) is 0 Å². The first-order chi connectivity index (χ1) is 9.68. The highest BCUT2D eigenvalue weighted by Crippen LogP contribution is 2.15. The van der Waals surface area contributed by atoms with Crippen molar-refractivity contribution in [1.29, 1.82) is 0 Å². The summed E-state index contributed by atoms with van der Waals surface area (Å²) in [4.78, 5) is 12.5. The molecule has 0 spiro atoms. The summed E-state index contributed by atoms with van der Waals surface area (Å²) in [5.74, 6) is -0.200. The fraction of sp³-hybridized carbons (Fsp3) is 0. The first kappa shape index (κ1) is 12.7. The average molecular weight is 265 g/mol. The SMILES string of the molecule is O=C(c1ccccc1)n1cc(B(O)O)c2ccccc21. The number of hydrogen-bond donors (Lipinski definition) is 2. The zero-order valence-corrected chi connectivity index (χ0v) is 10.6. The van der Waals surface area contributed by atoms with Gasteiger partial charge in [-0.3, -0.25) is 9.36 Å². The topological polar surface area (TPSA) is 62.5 Å². The van der Waals surface area contributed by atoms with Crippen LogP contribution in [-0.2, 0) is 0 Å². The smallest absolute Gasteiger partial charge is 0.423 e. The van der Waals surface area contributed by atoms with Crippen LogP contribution in [0.1, 0.15) is 10.4 Å². The van der Waals surface area contributed by atoms with Crippen LogP contribution in [0, 0.1) is 0 Å². The molecule has 0 aliphatic heterocycles. The number of rotatable bonds is 2. The molecule has 5 heteroatoms. The normalized spacial score (nSPS) is 10.7. The van der Waals surface area contributed by atoms with Crippen molar-refractivity contribution in [2.75, 3.05) is 0 Å². The van der Waals surface area contributed by atoms with Gasteiger partial charge in [-0.05, 0) is 23.6 Å². The third kappa shape index (κ3) is 2.03. The molecule has 0 amide bonds. The van der Waals surface area contributed by atoms with E-state index in [1.165, 1.54) is 10.8 Å². The Morgan fingerprint density at radius 3 is 2.30 bits per heavy atom. The maximum atomic E-state index is 12.5. The van der Waals surface area contributed by atoms with E-state index in [9.17, 15) is 14.8 Å². The molecule has 4 nitrogen and oxygen atoms in total. The number of para-hydroxylation sites is 1. The molecule has 20 heavy (non-hydrogen) atoms. The number of aromatic nitrogens is 1. The van der Waals surface area contributed by atoms with Crippen LogP contribution >= 0.6 is 0 Å². The summed E-state index contributed by atoms with van der Waals surface area (Å²) >= 11 is 0. The molecule has 0 aliphatic rings. The summed E-state index contributed by atoms with van der Waals surface area (Å²) in [5.41, 5.74) is 1.53. The molecule has 3 rings (SSSR count). The molecular weight excluding hydrogens is 253 g/mol. The van der Waals surface area contributed by atoms with Crippen molar-refractivity contribution >= 4 is 29.4 Å². The van der Waals surface area contributed by atoms with Crippen molar-refractivity contribution in [3.63, 3.8) is 0 Å². The third-order valence-electron chi connectivity index (χ3n) is 3.26. The lowest BCUT2D eigenvalue weighted by Crippen LogP contribution is -2.29. The van der Waals surface area contributed by atoms with Crippen molar-refractivity contribution in [3.8, 4) is 0 Å². The second-order valence-corrected chi connectivity index (χ2v) is 4.52. The van der Waals surface area contributed by atoms with Crippen molar-refractivity contribution < 1.29 is 14.8 Å². The zero-order chi connectivity index (χ0) is 14.1. The second kappa shape index (κ2) is 4.96. The Morgan fingerprint density at radius 2 is 1.60 bits per heavy atom. The lowest BCUT2D eigenvalue weighted by molar-refractivity contribution is 0.0965. The molecule has 0 saturated heterocycles. The van der Waals surface area contributed by atoms with Crippen molar-refractivity contribution in [2.24, 2.45) is 0 Å². The van der Waals surface area contributed by atoms with E-state index >= 15 is 0 Å². The molecule has 3 aromatic rings. The first-order valence-electron chi connectivity index (χ1n) is 6.24. The Bertz CT molecular complexity index is 765. The molecule has 0 saturated carbocycles. The molecular formula is C15H12BNO3. The second-order valence-electron chi connectivity index (χ2n) is 4.52. The highest BCUT2D eigenvalue weighted by molar-refractivity contribution is 6.62. The standard InChI is InChI=1S/C15H12BNO3/c18-15(11-6-2-1-3-7-11)17-10-13(16(19)20)12-8-4-5-9-14(12)17/h1-10,19-20H. The van der Waals surface area contributed by atoms with E-state index in [1.54, 1.807) is 42.5 Å². The quantitative estimate of drug-likeness (QED) is 0.680. The van der Waals surface area contributed by atoms with E-state index in [2.05, 4.69) is 0 Å². The third-order valence-corrected chi connectivity index (χ3v) is 3.26. The lowest BCUT2D eigenvalue weighted by atomic mass is 9.80. The number of carbonyl (C=O) groups excluding carboxylic acids is 1. The summed E-state index contributed by atoms with van der Waals surface area (Å²) in [6, 6.07) is 16.0. The lowest BCUT2D eigenvalue weighted by Gasteiger charge is -2.03. The fourth-order valence-electron chi connectivity index (χ4n) is 2.30. The van der Waals surface area contributed by atoms with Crippen LogP contribution in [-0.4, -0.2) is 27.6 Å². The van der Waals surface area contributed by atoms with Gasteiger partial charge in [0.25, 0.3) is 5.91 Å². The number of nitrogens with zero attached hydrogens (tertiary/aromatic N) is 1. The molecule has 0 radical (unpaired) electrons. The predicted molar refractivity (Wildman–Crippen MR) is 77.9 cm³/mol. The van der Waals surface area contributed by atoms with Crippen LogP contribution in [0.4, 0.5) is 0 Å². The highest BCUT2D eigenvalue weighted by atomic mass is 16.4. The summed E-state index contributed by atoms with van der Waals surface area (Å²) in [7, 11) is -1.61. The molecule has 1 heterocycles. The summed E-state index contributed by atoms with van der Waals surface area (Å²) in [6.07, 6.45) is 1.48. The summed E-state index contributed by atoms with van der Waals surface area (Å²) in [6.45, 7) is 0. The van der Waals surface area contributed by atoms with E-state index < -0.39 is 7.12 Å². The maximum absolute atomic E-state index is 12.5. The van der Waals surface area contributed by atoms with Gasteiger partial charge >= 0.3 is 7.12 Å². The molecule has 0 unspecified atom stereocenters. The van der Waals surface area contributed by atoms with E-state index in [0.717, 1.165) is 0 Å². The first-order valence-corrected chi connectivity index (χ1v) is 6.24. The van der Waals surface area contributed by atoms with Gasteiger partial charge in [0.15, 0.2) is 0 Å². The van der Waals surface area contributed by atoms with E-state index in [4.69, 9.17) is 0 Å². The Hall–Kier alpha value is -2.37. The van der Waals surface area contributed by atoms with Crippen LogP contribution in [0.15, 0.2) is 60.8 Å². The Kier molecular flexibility index (Phi) is 3.14. The maximum Gasteiger partial charge on any atom is 0.490 e. The van der Waals surface area contributed by atoms with Gasteiger partial charge in [0.2, 0.25) is 0 Å². The average Bonchev–Trinajstić information content (AvgIpc) is 2.87. The van der Waals surface area contributed by atoms with Crippen molar-refractivity contribution in [2.45, 2.75) is 0 Å².